The lowest BCUT2D eigenvalue weighted by Crippen LogP contribution is -2.37. The molecule has 1 heterocycles. The quantitative estimate of drug-likeness (QED) is 0.855. The molecule has 1 aromatic carbocycles. The Labute approximate surface area is 141 Å². The smallest absolute Gasteiger partial charge is 0.315 e. The minimum atomic E-state index is -0.238. The third-order valence-electron chi connectivity index (χ3n) is 4.18. The number of benzene rings is 1. The number of nitrogens with one attached hydrogen (secondary N) is 2. The first-order chi connectivity index (χ1) is 11.5. The molecular formula is C18H23FN4O. The molecule has 6 heteroatoms. The van der Waals surface area contributed by atoms with Gasteiger partial charge in [-0.25, -0.2) is 14.2 Å². The van der Waals surface area contributed by atoms with Crippen molar-refractivity contribution >= 4 is 6.03 Å². The summed E-state index contributed by atoms with van der Waals surface area (Å²) in [5, 5.41) is 5.73. The summed E-state index contributed by atoms with van der Waals surface area (Å²) < 4.78 is 15.8. The number of carbonyl (C=O) groups excluding carboxylic acids is 1. The Morgan fingerprint density at radius 1 is 1.42 bits per heavy atom. The summed E-state index contributed by atoms with van der Waals surface area (Å²) >= 11 is 0. The molecule has 2 N–H and O–H groups in total. The maximum atomic E-state index is 13.7. The van der Waals surface area contributed by atoms with E-state index < -0.39 is 0 Å². The van der Waals surface area contributed by atoms with Crippen LogP contribution in [0, 0.1) is 11.7 Å². The Balaban J connectivity index is 1.48. The van der Waals surface area contributed by atoms with Gasteiger partial charge in [-0.3, -0.25) is 0 Å². The zero-order chi connectivity index (χ0) is 17.1. The van der Waals surface area contributed by atoms with Crippen molar-refractivity contribution in [2.75, 3.05) is 0 Å². The first-order valence-corrected chi connectivity index (χ1v) is 8.33. The minimum Gasteiger partial charge on any atom is -0.335 e. The molecule has 5 nitrogen and oxygen atoms in total. The Morgan fingerprint density at radius 3 is 2.96 bits per heavy atom. The van der Waals surface area contributed by atoms with Gasteiger partial charge in [0, 0.05) is 30.9 Å². The fourth-order valence-electron chi connectivity index (χ4n) is 2.92. The summed E-state index contributed by atoms with van der Waals surface area (Å²) in [7, 11) is 0. The molecule has 0 spiro atoms. The van der Waals surface area contributed by atoms with Crippen molar-refractivity contribution in [3.8, 4) is 0 Å². The van der Waals surface area contributed by atoms with Crippen molar-refractivity contribution in [3.63, 3.8) is 0 Å². The van der Waals surface area contributed by atoms with E-state index in [0.717, 1.165) is 18.8 Å². The van der Waals surface area contributed by atoms with Gasteiger partial charge in [0.05, 0.1) is 6.54 Å². The van der Waals surface area contributed by atoms with Crippen LogP contribution < -0.4 is 10.6 Å². The number of urea groups is 1. The second-order valence-electron chi connectivity index (χ2n) is 6.69. The minimum absolute atomic E-state index is 0.00249. The monoisotopic (exact) mass is 330 g/mol. The SMILES string of the molecule is CC(C)Cn1ccnc1CNC(=O)NC1CC1c1ccccc1F. The predicted octanol–water partition coefficient (Wildman–Crippen LogP) is 3.03. The summed E-state index contributed by atoms with van der Waals surface area (Å²) in [6.07, 6.45) is 4.44. The standard InChI is InChI=1S/C18H23FN4O/c1-12(2)11-23-8-7-20-17(23)10-21-18(24)22-16-9-14(16)13-5-3-4-6-15(13)19/h3-8,12,14,16H,9-11H2,1-2H3,(H2,21,22,24). The Morgan fingerprint density at radius 2 is 2.21 bits per heavy atom. The molecule has 0 aliphatic heterocycles. The summed E-state index contributed by atoms with van der Waals surface area (Å²) in [5.41, 5.74) is 0.676. The first-order valence-electron chi connectivity index (χ1n) is 8.33. The molecule has 1 aliphatic carbocycles. The van der Waals surface area contributed by atoms with Gasteiger partial charge in [0.25, 0.3) is 0 Å². The lowest BCUT2D eigenvalue weighted by molar-refractivity contribution is 0.239. The fourth-order valence-corrected chi connectivity index (χ4v) is 2.92. The van der Waals surface area contributed by atoms with Gasteiger partial charge < -0.3 is 15.2 Å². The van der Waals surface area contributed by atoms with Crippen LogP contribution in [-0.2, 0) is 13.1 Å². The normalized spacial score (nSPS) is 19.3. The molecule has 2 aromatic rings. The van der Waals surface area contributed by atoms with Gasteiger partial charge in [0.2, 0.25) is 0 Å². The van der Waals surface area contributed by atoms with Crippen molar-refractivity contribution in [1.29, 1.82) is 0 Å². The van der Waals surface area contributed by atoms with Gasteiger partial charge in [0.1, 0.15) is 11.6 Å². The van der Waals surface area contributed by atoms with Gasteiger partial charge in [-0.1, -0.05) is 32.0 Å². The summed E-state index contributed by atoms with van der Waals surface area (Å²) in [6, 6.07) is 6.50. The van der Waals surface area contributed by atoms with Gasteiger partial charge >= 0.3 is 6.03 Å². The molecule has 0 bridgehead atoms. The van der Waals surface area contributed by atoms with E-state index in [9.17, 15) is 9.18 Å². The highest BCUT2D eigenvalue weighted by atomic mass is 19.1. The predicted molar refractivity (Wildman–Crippen MR) is 90.0 cm³/mol. The van der Waals surface area contributed by atoms with E-state index in [1.54, 1.807) is 18.3 Å². The molecule has 1 saturated carbocycles. The molecule has 24 heavy (non-hydrogen) atoms. The highest BCUT2D eigenvalue weighted by molar-refractivity contribution is 5.74. The van der Waals surface area contributed by atoms with E-state index >= 15 is 0 Å². The number of carbonyl (C=O) groups is 1. The highest BCUT2D eigenvalue weighted by Crippen LogP contribution is 2.41. The van der Waals surface area contributed by atoms with Crippen molar-refractivity contribution in [2.24, 2.45) is 5.92 Å². The third-order valence-corrected chi connectivity index (χ3v) is 4.18. The van der Waals surface area contributed by atoms with Gasteiger partial charge in [-0.15, -0.1) is 0 Å². The molecule has 1 fully saturated rings. The summed E-state index contributed by atoms with van der Waals surface area (Å²) in [6.45, 7) is 5.53. The summed E-state index contributed by atoms with van der Waals surface area (Å²) in [4.78, 5) is 16.3. The number of hydrogen-bond donors (Lipinski definition) is 2. The van der Waals surface area contributed by atoms with Gasteiger partial charge in [-0.05, 0) is 24.0 Å². The molecule has 3 rings (SSSR count). The van der Waals surface area contributed by atoms with Crippen LogP contribution in [-0.4, -0.2) is 21.6 Å². The third kappa shape index (κ3) is 3.93. The average Bonchev–Trinajstić information content (AvgIpc) is 3.14. The maximum absolute atomic E-state index is 13.7. The second kappa shape index (κ2) is 7.03. The molecule has 2 amide bonds. The number of imidazole rings is 1. The number of hydrogen-bond acceptors (Lipinski definition) is 2. The number of aromatic nitrogens is 2. The van der Waals surface area contributed by atoms with Crippen molar-refractivity contribution in [2.45, 2.75) is 45.3 Å². The molecule has 1 aromatic heterocycles. The van der Waals surface area contributed by atoms with Crippen molar-refractivity contribution in [1.82, 2.24) is 20.2 Å². The van der Waals surface area contributed by atoms with E-state index in [1.165, 1.54) is 6.07 Å². The van der Waals surface area contributed by atoms with Crippen LogP contribution in [0.25, 0.3) is 0 Å². The van der Waals surface area contributed by atoms with Crippen LogP contribution in [0.1, 0.15) is 37.6 Å². The molecule has 1 aliphatic rings. The summed E-state index contributed by atoms with van der Waals surface area (Å²) in [5.74, 6) is 1.21. The number of nitrogens with zero attached hydrogens (tertiary/aromatic N) is 2. The molecule has 2 unspecified atom stereocenters. The lowest BCUT2D eigenvalue weighted by Gasteiger charge is -2.11. The Hall–Kier alpha value is -2.37. The first kappa shape index (κ1) is 16.5. The number of rotatable bonds is 6. The largest absolute Gasteiger partial charge is 0.335 e. The van der Waals surface area contributed by atoms with Gasteiger partial charge in [0.15, 0.2) is 0 Å². The lowest BCUT2D eigenvalue weighted by atomic mass is 10.1. The molecule has 2 atom stereocenters. The number of amides is 2. The molecular weight excluding hydrogens is 307 g/mol. The van der Waals surface area contributed by atoms with E-state index in [-0.39, 0.29) is 23.8 Å². The average molecular weight is 330 g/mol. The Bertz CT molecular complexity index is 713. The fraction of sp³-hybridized carbons (Fsp3) is 0.444. The van der Waals surface area contributed by atoms with Crippen molar-refractivity contribution in [3.05, 3.63) is 53.9 Å². The van der Waals surface area contributed by atoms with E-state index in [0.29, 0.717) is 18.0 Å². The maximum Gasteiger partial charge on any atom is 0.315 e. The Kier molecular flexibility index (Phi) is 4.83. The van der Waals surface area contributed by atoms with Crippen LogP contribution in [0.15, 0.2) is 36.7 Å². The van der Waals surface area contributed by atoms with E-state index in [4.69, 9.17) is 0 Å². The molecule has 0 radical (unpaired) electrons. The second-order valence-corrected chi connectivity index (χ2v) is 6.69. The zero-order valence-electron chi connectivity index (χ0n) is 14.0. The van der Waals surface area contributed by atoms with Crippen molar-refractivity contribution < 1.29 is 9.18 Å². The molecule has 128 valence electrons. The zero-order valence-corrected chi connectivity index (χ0v) is 14.0. The van der Waals surface area contributed by atoms with E-state index in [2.05, 4.69) is 29.5 Å². The van der Waals surface area contributed by atoms with E-state index in [1.807, 2.05) is 16.8 Å². The highest BCUT2D eigenvalue weighted by Gasteiger charge is 2.40. The van der Waals surface area contributed by atoms with Crippen LogP contribution >= 0.6 is 0 Å². The molecule has 0 saturated heterocycles. The van der Waals surface area contributed by atoms with Gasteiger partial charge in [-0.2, -0.15) is 0 Å². The van der Waals surface area contributed by atoms with Crippen LogP contribution in [0.5, 0.6) is 0 Å². The topological polar surface area (TPSA) is 59.0 Å². The van der Waals surface area contributed by atoms with Crippen LogP contribution in [0.3, 0.4) is 0 Å². The number of halogens is 1. The van der Waals surface area contributed by atoms with Crippen LogP contribution in [0.2, 0.25) is 0 Å². The van der Waals surface area contributed by atoms with Crippen LogP contribution in [0.4, 0.5) is 9.18 Å².